The van der Waals surface area contributed by atoms with Crippen molar-refractivity contribution in [2.45, 2.75) is 24.5 Å². The van der Waals surface area contributed by atoms with Crippen LogP contribution in [0.3, 0.4) is 0 Å². The Bertz CT molecular complexity index is 957. The molecule has 0 spiro atoms. The highest BCUT2D eigenvalue weighted by atomic mass is 32.3. The van der Waals surface area contributed by atoms with Crippen molar-refractivity contribution >= 4 is 10.4 Å². The first-order chi connectivity index (χ1) is 13.4. The molecule has 0 amide bonds. The van der Waals surface area contributed by atoms with Crippen molar-refractivity contribution in [3.05, 3.63) is 28.2 Å². The van der Waals surface area contributed by atoms with Gasteiger partial charge in [-0.3, -0.25) is 23.3 Å². The largest absolute Gasteiger partial charge is 0.397 e. The first kappa shape index (κ1) is 12.7. The van der Waals surface area contributed by atoms with E-state index in [-0.39, 0.29) is 4.57 Å². The van der Waals surface area contributed by atoms with E-state index < -0.39 is 66.7 Å². The Balaban J connectivity index is 0.000000424. The second kappa shape index (κ2) is 7.98. The van der Waals surface area contributed by atoms with Gasteiger partial charge < -0.3 is 20.1 Å². The average molecular weight is 375 g/mol. The molecule has 0 bridgehead atoms. The number of ether oxygens (including phenoxy) is 1. The molecular weight excluding hydrogens is 350 g/mol. The molecule has 24 heavy (non-hydrogen) atoms. The molecule has 0 aliphatic carbocycles. The van der Waals surface area contributed by atoms with Crippen molar-refractivity contribution in [2.24, 2.45) is 6.98 Å². The van der Waals surface area contributed by atoms with Gasteiger partial charge in [0.05, 0.1) is 17.8 Å². The first-order valence-electron chi connectivity index (χ1n) is 9.09. The lowest BCUT2D eigenvalue weighted by Gasteiger charge is -2.18. The second-order valence-electron chi connectivity index (χ2n) is 4.47. The van der Waals surface area contributed by atoms with Crippen LogP contribution in [0.5, 0.6) is 0 Å². The molecule has 1 aromatic heterocycles. The maximum atomic E-state index is 12.2. The first-order valence-corrected chi connectivity index (χ1v) is 7.45. The predicted octanol–water partition coefficient (Wildman–Crippen LogP) is -3.29. The minimum absolute atomic E-state index is 0.266. The highest BCUT2D eigenvalue weighted by molar-refractivity contribution is 7.80. The van der Waals surface area contributed by atoms with Gasteiger partial charge in [0.25, 0.3) is 0 Å². The molecule has 0 aromatic carbocycles. The maximum absolute atomic E-state index is 12.2. The van der Waals surface area contributed by atoms with Crippen LogP contribution >= 0.6 is 0 Å². The van der Waals surface area contributed by atoms with Crippen LogP contribution in [0.15, 0.2) is 17.1 Å². The molecule has 5 N–H and O–H groups in total. The molecule has 0 saturated carbocycles. The molecule has 2 heterocycles. The Labute approximate surface area is 145 Å². The summed E-state index contributed by atoms with van der Waals surface area (Å²) in [6.45, 7) is -3.44. The summed E-state index contributed by atoms with van der Waals surface area (Å²) in [5.74, 6) is 0. The monoisotopic (exact) mass is 375 g/mol. The van der Waals surface area contributed by atoms with Gasteiger partial charge >= 0.3 is 16.1 Å². The molecule has 1 saturated heterocycles. The highest BCUT2D eigenvalue weighted by Crippen LogP contribution is 2.27. The van der Waals surface area contributed by atoms with E-state index in [1.54, 1.807) is 0 Å². The van der Waals surface area contributed by atoms with Crippen molar-refractivity contribution < 1.29 is 45.4 Å². The van der Waals surface area contributed by atoms with E-state index in [0.29, 0.717) is 0 Å². The van der Waals surface area contributed by atoms with Crippen molar-refractivity contribution in [1.29, 1.82) is 5.41 Å². The predicted molar refractivity (Wildman–Crippen MR) is 77.1 cm³/mol. The zero-order chi connectivity index (χ0) is 23.7. The van der Waals surface area contributed by atoms with E-state index in [1.165, 1.54) is 0 Å². The van der Waals surface area contributed by atoms with Gasteiger partial charge in [-0.25, -0.2) is 4.79 Å². The molecule has 1 aliphatic rings. The fourth-order valence-electron chi connectivity index (χ4n) is 1.81. The van der Waals surface area contributed by atoms with E-state index in [9.17, 15) is 23.4 Å². The minimum Gasteiger partial charge on any atom is -0.394 e. The van der Waals surface area contributed by atoms with Gasteiger partial charge in [-0.1, -0.05) is 0 Å². The van der Waals surface area contributed by atoms with Crippen LogP contribution in [0.2, 0.25) is 0 Å². The normalized spacial score (nSPS) is 31.5. The summed E-state index contributed by atoms with van der Waals surface area (Å²) in [7, 11) is -7.95. The standard InChI is InChI=1S/C10H15N3O5.CH4O4S/c1-12-6(11)2-3-13(10(12)17)9-8(16)7(15)5(4-14)18-9;1-5-6(2,3)4/h2-3,5,7-9,11,14-16H,4H2,1H3;1H3,(H,2,3,4)/i2*1D3. The number of hydrogen-bond acceptors (Lipinski definition) is 9. The van der Waals surface area contributed by atoms with Gasteiger partial charge in [0.1, 0.15) is 23.8 Å². The third-order valence-electron chi connectivity index (χ3n) is 2.94. The third kappa shape index (κ3) is 4.70. The topological polar surface area (TPSA) is 184 Å². The molecule has 0 radical (unpaired) electrons. The van der Waals surface area contributed by atoms with Gasteiger partial charge in [0.2, 0.25) is 0 Å². The summed E-state index contributed by atoms with van der Waals surface area (Å²) in [5, 5.41) is 36.0. The summed E-state index contributed by atoms with van der Waals surface area (Å²) in [5.41, 5.74) is -1.61. The van der Waals surface area contributed by atoms with E-state index in [2.05, 4.69) is 4.18 Å². The summed E-state index contributed by atoms with van der Waals surface area (Å²) >= 11 is 0. The van der Waals surface area contributed by atoms with Gasteiger partial charge in [0, 0.05) is 17.3 Å². The fourth-order valence-corrected chi connectivity index (χ4v) is 1.81. The second-order valence-corrected chi connectivity index (χ2v) is 5.49. The van der Waals surface area contributed by atoms with Gasteiger partial charge in [0.15, 0.2) is 6.23 Å². The molecule has 2 rings (SSSR count). The van der Waals surface area contributed by atoms with Crippen LogP contribution in [0.4, 0.5) is 0 Å². The Morgan fingerprint density at radius 3 is 2.54 bits per heavy atom. The Morgan fingerprint density at radius 1 is 1.46 bits per heavy atom. The molecule has 1 aliphatic heterocycles. The van der Waals surface area contributed by atoms with Crippen LogP contribution in [0, 0.1) is 5.41 Å². The Kier molecular flexibility index (Phi) is 4.22. The zero-order valence-electron chi connectivity index (χ0n) is 17.8. The number of rotatable bonds is 3. The van der Waals surface area contributed by atoms with E-state index >= 15 is 0 Å². The van der Waals surface area contributed by atoms with Gasteiger partial charge in [-0.15, -0.1) is 0 Å². The van der Waals surface area contributed by atoms with Gasteiger partial charge in [-0.2, -0.15) is 8.42 Å². The number of hydrogen-bond donors (Lipinski definition) is 5. The minimum atomic E-state index is -4.84. The SMILES string of the molecule is [2H]C([2H])([2H])OS(=O)(=O)O.[2H]C([2H])([2H])n1c(=N)ccn(C2OC(CO)C(O)C2O)c1=O. The van der Waals surface area contributed by atoms with Crippen LogP contribution in [-0.2, 0) is 26.3 Å². The van der Waals surface area contributed by atoms with Crippen molar-refractivity contribution in [2.75, 3.05) is 13.6 Å². The summed E-state index contributed by atoms with van der Waals surface area (Å²) in [4.78, 5) is 12.2. The molecule has 1 fully saturated rings. The Morgan fingerprint density at radius 2 is 2.12 bits per heavy atom. The van der Waals surface area contributed by atoms with Crippen molar-refractivity contribution in [1.82, 2.24) is 9.13 Å². The van der Waals surface area contributed by atoms with Crippen LogP contribution < -0.4 is 11.2 Å². The molecule has 4 unspecified atom stereocenters. The van der Waals surface area contributed by atoms with Crippen molar-refractivity contribution in [3.8, 4) is 0 Å². The number of aliphatic hydroxyl groups excluding tert-OH is 3. The summed E-state index contributed by atoms with van der Waals surface area (Å²) in [6.07, 6.45) is -4.27. The van der Waals surface area contributed by atoms with E-state index in [1.807, 2.05) is 0 Å². The maximum Gasteiger partial charge on any atom is 0.397 e. The lowest BCUT2D eigenvalue weighted by molar-refractivity contribution is -0.0555. The van der Waals surface area contributed by atoms with Crippen molar-refractivity contribution in [3.63, 3.8) is 0 Å². The lowest BCUT2D eigenvalue weighted by atomic mass is 10.1. The Hall–Kier alpha value is -1.61. The smallest absolute Gasteiger partial charge is 0.394 e. The highest BCUT2D eigenvalue weighted by Gasteiger charge is 2.43. The third-order valence-corrected chi connectivity index (χ3v) is 3.15. The van der Waals surface area contributed by atoms with Crippen LogP contribution in [0.25, 0.3) is 0 Å². The number of aromatic nitrogens is 2. The molecule has 12 nitrogen and oxygen atoms in total. The van der Waals surface area contributed by atoms with Gasteiger partial charge in [-0.05, 0) is 6.07 Å². The summed E-state index contributed by atoms with van der Waals surface area (Å²) < 4.78 is 76.6. The summed E-state index contributed by atoms with van der Waals surface area (Å²) in [6, 6.07) is 1.06. The quantitative estimate of drug-likeness (QED) is 0.338. The number of nitrogens with one attached hydrogen (secondary N) is 1. The molecular formula is C11H19N3O9S. The average Bonchev–Trinajstić information content (AvgIpc) is 2.79. The molecule has 1 aromatic rings. The molecule has 138 valence electrons. The van der Waals surface area contributed by atoms with Crippen LogP contribution in [0.1, 0.15) is 14.5 Å². The number of aliphatic hydroxyl groups is 3. The van der Waals surface area contributed by atoms with E-state index in [0.717, 1.165) is 16.8 Å². The fraction of sp³-hybridized carbons (Fsp3) is 0.636. The number of nitrogens with zero attached hydrogens (tertiary/aromatic N) is 2. The molecule has 4 atom stereocenters. The zero-order valence-corrected chi connectivity index (χ0v) is 12.6. The van der Waals surface area contributed by atoms with Crippen LogP contribution in [-0.4, -0.2) is 69.4 Å². The molecule has 13 heteroatoms. The lowest BCUT2D eigenvalue weighted by Crippen LogP contribution is -2.41. The van der Waals surface area contributed by atoms with E-state index in [4.69, 9.17) is 28.0 Å².